The highest BCUT2D eigenvalue weighted by molar-refractivity contribution is 5.93. The van der Waals surface area contributed by atoms with Gasteiger partial charge in [-0.15, -0.1) is 0 Å². The number of nitrogens with one attached hydrogen (secondary N) is 1. The predicted octanol–water partition coefficient (Wildman–Crippen LogP) is 7.42. The number of benzene rings is 4. The Bertz CT molecular complexity index is 1630. The second kappa shape index (κ2) is 17.2. The van der Waals surface area contributed by atoms with Crippen molar-refractivity contribution in [3.8, 4) is 11.1 Å². The first-order valence-corrected chi connectivity index (χ1v) is 16.7. The summed E-state index contributed by atoms with van der Waals surface area (Å²) in [7, 11) is 0. The molecule has 48 heavy (non-hydrogen) atoms. The predicted molar refractivity (Wildman–Crippen MR) is 184 cm³/mol. The highest BCUT2D eigenvalue weighted by atomic mass is 16.5. The van der Waals surface area contributed by atoms with Crippen LogP contribution in [0.2, 0.25) is 0 Å². The van der Waals surface area contributed by atoms with Crippen LogP contribution in [-0.4, -0.2) is 30.2 Å². The lowest BCUT2D eigenvalue weighted by atomic mass is 9.74. The summed E-state index contributed by atoms with van der Waals surface area (Å²) in [6.45, 7) is 0.419. The van der Waals surface area contributed by atoms with Crippen LogP contribution in [0.15, 0.2) is 115 Å². The van der Waals surface area contributed by atoms with Gasteiger partial charge in [-0.05, 0) is 47.1 Å². The molecule has 0 spiro atoms. The van der Waals surface area contributed by atoms with E-state index in [9.17, 15) is 19.2 Å². The van der Waals surface area contributed by atoms with Gasteiger partial charge in [0.2, 0.25) is 5.91 Å². The average molecular weight is 646 g/mol. The molecule has 4 aromatic rings. The van der Waals surface area contributed by atoms with Gasteiger partial charge in [0, 0.05) is 24.3 Å². The maximum absolute atomic E-state index is 14.1. The van der Waals surface area contributed by atoms with Crippen LogP contribution in [0.3, 0.4) is 0 Å². The van der Waals surface area contributed by atoms with Gasteiger partial charge >= 0.3 is 11.9 Å². The fourth-order valence-electron chi connectivity index (χ4n) is 6.36. The standard InChI is InChI=1S/C41H43NO6/c43-37(41(23-10-11-24-41)28-39(45)48-30-33-14-6-2-7-15-33)27-36(26-31-18-20-35(21-19-31)34-16-8-3-9-17-34)40(46)42-25-22-38(44)47-29-32-12-4-1-5-13-32/h1-9,12-21,36H,10-11,22-30H2,(H,42,46)/t36-/m1/s1. The summed E-state index contributed by atoms with van der Waals surface area (Å²) in [5, 5.41) is 2.87. The summed E-state index contributed by atoms with van der Waals surface area (Å²) in [4.78, 5) is 53.1. The monoisotopic (exact) mass is 645 g/mol. The van der Waals surface area contributed by atoms with Crippen LogP contribution >= 0.6 is 0 Å². The summed E-state index contributed by atoms with van der Waals surface area (Å²) in [6, 6.07) is 36.9. The van der Waals surface area contributed by atoms with Crippen LogP contribution in [0.4, 0.5) is 0 Å². The summed E-state index contributed by atoms with van der Waals surface area (Å²) in [5.74, 6) is -1.87. The van der Waals surface area contributed by atoms with Gasteiger partial charge in [0.1, 0.15) is 19.0 Å². The van der Waals surface area contributed by atoms with Crippen molar-refractivity contribution in [2.24, 2.45) is 11.3 Å². The third-order valence-corrected chi connectivity index (χ3v) is 9.09. The van der Waals surface area contributed by atoms with Crippen molar-refractivity contribution < 1.29 is 28.7 Å². The Kier molecular flexibility index (Phi) is 12.3. The van der Waals surface area contributed by atoms with Crippen molar-refractivity contribution in [2.45, 2.75) is 64.6 Å². The van der Waals surface area contributed by atoms with E-state index in [0.717, 1.165) is 40.7 Å². The maximum Gasteiger partial charge on any atom is 0.307 e. The smallest absolute Gasteiger partial charge is 0.307 e. The van der Waals surface area contributed by atoms with Crippen molar-refractivity contribution in [3.05, 3.63) is 132 Å². The number of carbonyl (C=O) groups excluding carboxylic acids is 4. The number of hydrogen-bond acceptors (Lipinski definition) is 6. The van der Waals surface area contributed by atoms with E-state index >= 15 is 0 Å². The molecule has 0 saturated heterocycles. The van der Waals surface area contributed by atoms with Gasteiger partial charge in [0.15, 0.2) is 0 Å². The molecule has 7 heteroatoms. The Hall–Kier alpha value is -5.04. The van der Waals surface area contributed by atoms with Gasteiger partial charge in [-0.25, -0.2) is 0 Å². The molecule has 0 aliphatic heterocycles. The molecule has 4 aromatic carbocycles. The molecular formula is C41H43NO6. The summed E-state index contributed by atoms with van der Waals surface area (Å²) >= 11 is 0. The minimum Gasteiger partial charge on any atom is -0.461 e. The molecule has 1 fully saturated rings. The zero-order chi connectivity index (χ0) is 33.6. The number of rotatable bonds is 16. The number of carbonyl (C=O) groups is 4. The first kappa shape index (κ1) is 34.3. The topological polar surface area (TPSA) is 98.8 Å². The molecular weight excluding hydrogens is 602 g/mol. The third-order valence-electron chi connectivity index (χ3n) is 9.09. The molecule has 248 valence electrons. The second-order valence-electron chi connectivity index (χ2n) is 12.6. The van der Waals surface area contributed by atoms with Crippen molar-refractivity contribution in [1.29, 1.82) is 0 Å². The molecule has 0 radical (unpaired) electrons. The van der Waals surface area contributed by atoms with Crippen molar-refractivity contribution in [2.75, 3.05) is 6.54 Å². The molecule has 0 aromatic heterocycles. The van der Waals surface area contributed by atoms with Crippen LogP contribution in [0.5, 0.6) is 0 Å². The van der Waals surface area contributed by atoms with E-state index in [2.05, 4.69) is 5.32 Å². The number of amides is 1. The fraction of sp³-hybridized carbons (Fsp3) is 0.317. The van der Waals surface area contributed by atoms with E-state index in [1.165, 1.54) is 0 Å². The van der Waals surface area contributed by atoms with Crippen LogP contribution in [0.1, 0.15) is 61.6 Å². The third kappa shape index (κ3) is 9.98. The van der Waals surface area contributed by atoms with E-state index in [-0.39, 0.29) is 50.7 Å². The molecule has 1 amide bonds. The molecule has 0 unspecified atom stereocenters. The van der Waals surface area contributed by atoms with Gasteiger partial charge in [0.05, 0.1) is 12.8 Å². The Morgan fingerprint density at radius 3 is 1.73 bits per heavy atom. The van der Waals surface area contributed by atoms with Crippen molar-refractivity contribution >= 4 is 23.6 Å². The van der Waals surface area contributed by atoms with Gasteiger partial charge < -0.3 is 14.8 Å². The highest BCUT2D eigenvalue weighted by Gasteiger charge is 2.44. The number of Topliss-reactive ketones (excluding diaryl/α,β-unsaturated/α-hetero) is 1. The summed E-state index contributed by atoms with van der Waals surface area (Å²) < 4.78 is 10.9. The van der Waals surface area contributed by atoms with E-state index in [0.29, 0.717) is 19.3 Å². The van der Waals surface area contributed by atoms with Crippen LogP contribution in [-0.2, 0) is 48.3 Å². The van der Waals surface area contributed by atoms with E-state index in [4.69, 9.17) is 9.47 Å². The number of ketones is 1. The summed E-state index contributed by atoms with van der Waals surface area (Å²) in [6.07, 6.45) is 3.26. The zero-order valence-electron chi connectivity index (χ0n) is 27.3. The molecule has 7 nitrogen and oxygen atoms in total. The van der Waals surface area contributed by atoms with Crippen LogP contribution < -0.4 is 5.32 Å². The number of esters is 2. The molecule has 0 heterocycles. The first-order valence-electron chi connectivity index (χ1n) is 16.7. The molecule has 1 atom stereocenters. The lowest BCUT2D eigenvalue weighted by Gasteiger charge is -2.28. The van der Waals surface area contributed by atoms with E-state index in [1.54, 1.807) is 0 Å². The van der Waals surface area contributed by atoms with Crippen LogP contribution in [0, 0.1) is 11.3 Å². The van der Waals surface area contributed by atoms with E-state index < -0.39 is 23.3 Å². The second-order valence-corrected chi connectivity index (χ2v) is 12.6. The minimum absolute atomic E-state index is 0.00328. The quantitative estimate of drug-likeness (QED) is 0.127. The van der Waals surface area contributed by atoms with Gasteiger partial charge in [-0.3, -0.25) is 19.2 Å². The maximum atomic E-state index is 14.1. The van der Waals surface area contributed by atoms with Gasteiger partial charge in [0.25, 0.3) is 0 Å². The molecule has 1 saturated carbocycles. The SMILES string of the molecule is O=C(CCNC(=O)[C@@H](CC(=O)C1(CC(=O)OCc2ccccc2)CCCC1)Cc1ccc(-c2ccccc2)cc1)OCc1ccccc1. The van der Waals surface area contributed by atoms with Crippen molar-refractivity contribution in [1.82, 2.24) is 5.32 Å². The highest BCUT2D eigenvalue weighted by Crippen LogP contribution is 2.44. The molecule has 1 aliphatic rings. The number of ether oxygens (including phenoxy) is 2. The fourth-order valence-corrected chi connectivity index (χ4v) is 6.36. The molecule has 1 aliphatic carbocycles. The Labute approximate surface area is 282 Å². The Morgan fingerprint density at radius 1 is 0.625 bits per heavy atom. The van der Waals surface area contributed by atoms with E-state index in [1.807, 2.05) is 115 Å². The minimum atomic E-state index is -0.843. The van der Waals surface area contributed by atoms with Crippen LogP contribution in [0.25, 0.3) is 11.1 Å². The first-order chi connectivity index (χ1) is 23.4. The average Bonchev–Trinajstić information content (AvgIpc) is 3.60. The lowest BCUT2D eigenvalue weighted by Crippen LogP contribution is -2.39. The molecule has 0 bridgehead atoms. The zero-order valence-corrected chi connectivity index (χ0v) is 27.3. The number of hydrogen-bond donors (Lipinski definition) is 1. The van der Waals surface area contributed by atoms with Gasteiger partial charge in [-0.2, -0.15) is 0 Å². The van der Waals surface area contributed by atoms with Crippen molar-refractivity contribution in [3.63, 3.8) is 0 Å². The lowest BCUT2D eigenvalue weighted by molar-refractivity contribution is -0.151. The van der Waals surface area contributed by atoms with Gasteiger partial charge in [-0.1, -0.05) is 128 Å². The largest absolute Gasteiger partial charge is 0.461 e. The Balaban J connectivity index is 1.23. The molecule has 1 N–H and O–H groups in total. The summed E-state index contributed by atoms with van der Waals surface area (Å²) in [5.41, 5.74) is 4.00. The molecule has 5 rings (SSSR count). The normalized spacial score (nSPS) is 14.1. The Morgan fingerprint density at radius 2 is 1.15 bits per heavy atom.